The number of carbonyl (C=O) groups is 1. The van der Waals surface area contributed by atoms with Crippen molar-refractivity contribution in [3.63, 3.8) is 0 Å². The molecule has 27 heavy (non-hydrogen) atoms. The lowest BCUT2D eigenvalue weighted by molar-refractivity contribution is 0.105. The van der Waals surface area contributed by atoms with E-state index in [4.69, 9.17) is 13.6 Å². The normalized spacial score (nSPS) is 11.7. The third-order valence-corrected chi connectivity index (χ3v) is 4.17. The first-order chi connectivity index (χ1) is 13.1. The number of oxazole rings is 1. The average Bonchev–Trinajstić information content (AvgIpc) is 3.31. The summed E-state index contributed by atoms with van der Waals surface area (Å²) in [6.45, 7) is 1.85. The van der Waals surface area contributed by atoms with E-state index in [-0.39, 0.29) is 11.7 Å². The first-order valence-electron chi connectivity index (χ1n) is 8.47. The fourth-order valence-electron chi connectivity index (χ4n) is 2.78. The van der Waals surface area contributed by atoms with Crippen LogP contribution in [0.1, 0.15) is 27.8 Å². The number of methoxy groups -OCH3 is 1. The molecule has 0 fully saturated rings. The number of fused-ring (bicyclic) bond motifs is 1. The number of ketones is 1. The molecule has 0 radical (unpaired) electrons. The van der Waals surface area contributed by atoms with Crippen molar-refractivity contribution >= 4 is 28.5 Å². The first kappa shape index (κ1) is 16.8. The van der Waals surface area contributed by atoms with Crippen molar-refractivity contribution in [3.8, 4) is 5.75 Å². The SMILES string of the molecule is COc1ccc(C(=O)/C(=C\c2ccc(C)o2)c2nc3ccccc3o2)cc1. The van der Waals surface area contributed by atoms with Crippen LogP contribution in [-0.2, 0) is 0 Å². The number of allylic oxidation sites excluding steroid dienone is 1. The first-order valence-corrected chi connectivity index (χ1v) is 8.47. The molecule has 0 aliphatic rings. The van der Waals surface area contributed by atoms with E-state index in [1.54, 1.807) is 43.5 Å². The summed E-state index contributed by atoms with van der Waals surface area (Å²) in [6.07, 6.45) is 1.66. The van der Waals surface area contributed by atoms with Crippen molar-refractivity contribution in [2.24, 2.45) is 0 Å². The second kappa shape index (κ2) is 6.96. The summed E-state index contributed by atoms with van der Waals surface area (Å²) in [7, 11) is 1.58. The Morgan fingerprint density at radius 2 is 1.78 bits per heavy atom. The van der Waals surface area contributed by atoms with Gasteiger partial charge in [0.15, 0.2) is 11.4 Å². The van der Waals surface area contributed by atoms with Gasteiger partial charge in [0.1, 0.15) is 22.8 Å². The number of rotatable bonds is 5. The van der Waals surface area contributed by atoms with E-state index < -0.39 is 0 Å². The smallest absolute Gasteiger partial charge is 0.231 e. The molecule has 0 aliphatic heterocycles. The number of aryl methyl sites for hydroxylation is 1. The summed E-state index contributed by atoms with van der Waals surface area (Å²) in [6, 6.07) is 18.0. The highest BCUT2D eigenvalue weighted by Crippen LogP contribution is 2.27. The predicted molar refractivity (Wildman–Crippen MR) is 103 cm³/mol. The maximum absolute atomic E-state index is 13.2. The zero-order valence-corrected chi connectivity index (χ0v) is 14.9. The largest absolute Gasteiger partial charge is 0.497 e. The Hall–Kier alpha value is -3.60. The number of aromatic nitrogens is 1. The van der Waals surface area contributed by atoms with Crippen LogP contribution < -0.4 is 4.74 Å². The van der Waals surface area contributed by atoms with Gasteiger partial charge in [-0.05, 0) is 61.5 Å². The van der Waals surface area contributed by atoms with Crippen molar-refractivity contribution in [3.05, 3.63) is 83.6 Å². The lowest BCUT2D eigenvalue weighted by Gasteiger charge is -2.04. The fourth-order valence-corrected chi connectivity index (χ4v) is 2.78. The van der Waals surface area contributed by atoms with E-state index in [2.05, 4.69) is 4.98 Å². The minimum absolute atomic E-state index is 0.210. The standard InChI is InChI=1S/C22H17NO4/c1-14-7-10-17(26-14)13-18(21(24)15-8-11-16(25-2)12-9-15)22-23-19-5-3-4-6-20(19)27-22/h3-13H,1-2H3/b18-13+. The van der Waals surface area contributed by atoms with E-state index in [1.165, 1.54) is 0 Å². The Bertz CT molecular complexity index is 1100. The van der Waals surface area contributed by atoms with E-state index in [0.717, 1.165) is 5.76 Å². The molecule has 0 N–H and O–H groups in total. The summed E-state index contributed by atoms with van der Waals surface area (Å²) in [5.41, 5.74) is 2.14. The molecule has 0 spiro atoms. The van der Waals surface area contributed by atoms with Crippen LogP contribution >= 0.6 is 0 Å². The van der Waals surface area contributed by atoms with Gasteiger partial charge in [-0.25, -0.2) is 4.98 Å². The topological polar surface area (TPSA) is 65.5 Å². The van der Waals surface area contributed by atoms with E-state index in [1.807, 2.05) is 37.3 Å². The predicted octanol–water partition coefficient (Wildman–Crippen LogP) is 5.16. The minimum atomic E-state index is -0.210. The van der Waals surface area contributed by atoms with Gasteiger partial charge in [0, 0.05) is 5.56 Å². The Balaban J connectivity index is 1.81. The van der Waals surface area contributed by atoms with Gasteiger partial charge in [0.2, 0.25) is 5.89 Å². The van der Waals surface area contributed by atoms with Crippen LogP contribution in [0.3, 0.4) is 0 Å². The van der Waals surface area contributed by atoms with Crippen LogP contribution in [0, 0.1) is 6.92 Å². The molecule has 5 nitrogen and oxygen atoms in total. The summed E-state index contributed by atoms with van der Waals surface area (Å²) in [5.74, 6) is 2.05. The maximum atomic E-state index is 13.2. The highest BCUT2D eigenvalue weighted by atomic mass is 16.5. The molecular formula is C22H17NO4. The number of furan rings is 1. The van der Waals surface area contributed by atoms with Gasteiger partial charge in [-0.15, -0.1) is 0 Å². The zero-order valence-electron chi connectivity index (χ0n) is 14.9. The number of carbonyl (C=O) groups excluding carboxylic acids is 1. The zero-order chi connectivity index (χ0) is 18.8. The molecule has 2 aromatic heterocycles. The van der Waals surface area contributed by atoms with Crippen LogP contribution in [0.5, 0.6) is 5.75 Å². The number of ether oxygens (including phenoxy) is 1. The van der Waals surface area contributed by atoms with E-state index >= 15 is 0 Å². The Labute approximate surface area is 155 Å². The highest BCUT2D eigenvalue weighted by Gasteiger charge is 2.21. The summed E-state index contributed by atoms with van der Waals surface area (Å²) in [4.78, 5) is 17.7. The molecule has 0 amide bonds. The fraction of sp³-hybridized carbons (Fsp3) is 0.0909. The van der Waals surface area contributed by atoms with Gasteiger partial charge >= 0.3 is 0 Å². The molecule has 0 saturated carbocycles. The van der Waals surface area contributed by atoms with Crippen molar-refractivity contribution in [1.82, 2.24) is 4.98 Å². The molecule has 0 unspecified atom stereocenters. The molecule has 2 heterocycles. The van der Waals surface area contributed by atoms with Gasteiger partial charge in [0.25, 0.3) is 0 Å². The van der Waals surface area contributed by atoms with Crippen LogP contribution in [0.15, 0.2) is 69.5 Å². The molecular weight excluding hydrogens is 342 g/mol. The lowest BCUT2D eigenvalue weighted by atomic mass is 10.0. The quantitative estimate of drug-likeness (QED) is 0.364. The third kappa shape index (κ3) is 3.40. The molecule has 0 aliphatic carbocycles. The molecule has 2 aromatic carbocycles. The van der Waals surface area contributed by atoms with Crippen LogP contribution in [-0.4, -0.2) is 17.9 Å². The number of para-hydroxylation sites is 2. The molecule has 4 rings (SSSR count). The molecule has 5 heteroatoms. The van der Waals surface area contributed by atoms with Gasteiger partial charge in [-0.1, -0.05) is 12.1 Å². The van der Waals surface area contributed by atoms with Gasteiger partial charge in [0.05, 0.1) is 12.7 Å². The van der Waals surface area contributed by atoms with Gasteiger partial charge in [-0.2, -0.15) is 0 Å². The van der Waals surface area contributed by atoms with E-state index in [0.29, 0.717) is 33.7 Å². The molecule has 4 aromatic rings. The van der Waals surface area contributed by atoms with Crippen LogP contribution in [0.4, 0.5) is 0 Å². The van der Waals surface area contributed by atoms with Crippen molar-refractivity contribution in [2.45, 2.75) is 6.92 Å². The number of hydrogen-bond acceptors (Lipinski definition) is 5. The summed E-state index contributed by atoms with van der Waals surface area (Å²) in [5, 5.41) is 0. The molecule has 0 atom stereocenters. The number of Topliss-reactive ketones (excluding diaryl/α,β-unsaturated/α-hetero) is 1. The molecule has 0 saturated heterocycles. The Morgan fingerprint density at radius 3 is 2.44 bits per heavy atom. The Morgan fingerprint density at radius 1 is 1.00 bits per heavy atom. The minimum Gasteiger partial charge on any atom is -0.497 e. The van der Waals surface area contributed by atoms with Crippen LogP contribution in [0.25, 0.3) is 22.7 Å². The molecule has 134 valence electrons. The monoisotopic (exact) mass is 359 g/mol. The number of hydrogen-bond donors (Lipinski definition) is 0. The maximum Gasteiger partial charge on any atom is 0.231 e. The lowest BCUT2D eigenvalue weighted by Crippen LogP contribution is -2.03. The van der Waals surface area contributed by atoms with Crippen molar-refractivity contribution in [1.29, 1.82) is 0 Å². The second-order valence-corrected chi connectivity index (χ2v) is 6.05. The van der Waals surface area contributed by atoms with Gasteiger partial charge < -0.3 is 13.6 Å². The summed E-state index contributed by atoms with van der Waals surface area (Å²) >= 11 is 0. The average molecular weight is 359 g/mol. The number of nitrogens with zero attached hydrogens (tertiary/aromatic N) is 1. The van der Waals surface area contributed by atoms with Crippen molar-refractivity contribution in [2.75, 3.05) is 7.11 Å². The van der Waals surface area contributed by atoms with Crippen LogP contribution in [0.2, 0.25) is 0 Å². The summed E-state index contributed by atoms with van der Waals surface area (Å²) < 4.78 is 16.6. The highest BCUT2D eigenvalue weighted by molar-refractivity contribution is 6.31. The second-order valence-electron chi connectivity index (χ2n) is 6.05. The number of benzene rings is 2. The van der Waals surface area contributed by atoms with Gasteiger partial charge in [-0.3, -0.25) is 4.79 Å². The Kier molecular flexibility index (Phi) is 4.34. The van der Waals surface area contributed by atoms with Crippen molar-refractivity contribution < 1.29 is 18.4 Å². The third-order valence-electron chi connectivity index (χ3n) is 4.17. The molecule has 0 bridgehead atoms. The van der Waals surface area contributed by atoms with E-state index in [9.17, 15) is 4.79 Å².